The van der Waals surface area contributed by atoms with E-state index in [1.807, 2.05) is 0 Å². The first kappa shape index (κ1) is 13.1. The fourth-order valence-electron chi connectivity index (χ4n) is 1.68. The molecule has 0 N–H and O–H groups in total. The summed E-state index contributed by atoms with van der Waals surface area (Å²) < 4.78 is 52.4. The van der Waals surface area contributed by atoms with Crippen LogP contribution in [0.4, 0.5) is 17.6 Å². The van der Waals surface area contributed by atoms with Crippen molar-refractivity contribution in [2.75, 3.05) is 0 Å². The Labute approximate surface area is 105 Å². The van der Waals surface area contributed by atoms with Gasteiger partial charge < -0.3 is 0 Å². The average molecular weight is 269 g/mol. The van der Waals surface area contributed by atoms with Crippen LogP contribution in [0.2, 0.25) is 0 Å². The molecule has 0 unspecified atom stereocenters. The van der Waals surface area contributed by atoms with Crippen LogP contribution in [0.1, 0.15) is 11.3 Å². The Kier molecular flexibility index (Phi) is 3.25. The van der Waals surface area contributed by atoms with E-state index >= 15 is 0 Å². The van der Waals surface area contributed by atoms with Gasteiger partial charge in [0.25, 0.3) is 0 Å². The Morgan fingerprint density at radius 3 is 2.37 bits per heavy atom. The Morgan fingerprint density at radius 1 is 1.21 bits per heavy atom. The van der Waals surface area contributed by atoms with Gasteiger partial charge >= 0.3 is 6.18 Å². The van der Waals surface area contributed by atoms with Gasteiger partial charge in [-0.2, -0.15) is 23.5 Å². The Bertz CT molecular complexity index is 620. The molecule has 0 saturated carbocycles. The number of aromatic nitrogens is 2. The first-order valence-corrected chi connectivity index (χ1v) is 5.20. The molecule has 0 radical (unpaired) electrons. The average Bonchev–Trinajstić information content (AvgIpc) is 2.74. The largest absolute Gasteiger partial charge is 0.433 e. The van der Waals surface area contributed by atoms with Crippen molar-refractivity contribution in [1.29, 1.82) is 5.26 Å². The zero-order chi connectivity index (χ0) is 14.0. The van der Waals surface area contributed by atoms with Gasteiger partial charge in [-0.1, -0.05) is 0 Å². The molecule has 0 spiro atoms. The van der Waals surface area contributed by atoms with E-state index in [1.165, 1.54) is 12.1 Å². The highest BCUT2D eigenvalue weighted by Gasteiger charge is 2.38. The highest BCUT2D eigenvalue weighted by atomic mass is 19.4. The molecule has 0 atom stereocenters. The van der Waals surface area contributed by atoms with Crippen LogP contribution in [0.3, 0.4) is 0 Å². The molecule has 0 aliphatic carbocycles. The van der Waals surface area contributed by atoms with Crippen LogP contribution in [-0.2, 0) is 12.6 Å². The molecule has 7 heteroatoms. The van der Waals surface area contributed by atoms with Crippen molar-refractivity contribution in [3.05, 3.63) is 47.5 Å². The number of halogens is 4. The quantitative estimate of drug-likeness (QED) is 0.786. The number of nitrogens with zero attached hydrogens (tertiary/aromatic N) is 3. The molecule has 1 heterocycles. The van der Waals surface area contributed by atoms with E-state index in [9.17, 15) is 17.6 Å². The Hall–Kier alpha value is -2.36. The summed E-state index contributed by atoms with van der Waals surface area (Å²) in [5, 5.41) is 12.1. The van der Waals surface area contributed by atoms with E-state index in [0.717, 1.165) is 18.3 Å². The van der Waals surface area contributed by atoms with Gasteiger partial charge in [0.2, 0.25) is 0 Å². The number of benzene rings is 1. The molecule has 0 bridgehead atoms. The molecule has 0 aliphatic rings. The third-order valence-corrected chi connectivity index (χ3v) is 2.45. The van der Waals surface area contributed by atoms with Gasteiger partial charge in [-0.05, 0) is 24.3 Å². The van der Waals surface area contributed by atoms with Crippen LogP contribution in [0.15, 0.2) is 30.5 Å². The van der Waals surface area contributed by atoms with Crippen molar-refractivity contribution >= 4 is 0 Å². The first-order valence-electron chi connectivity index (χ1n) is 5.20. The molecule has 0 fully saturated rings. The highest BCUT2D eigenvalue weighted by molar-refractivity contribution is 5.37. The molecular weight excluding hydrogens is 262 g/mol. The van der Waals surface area contributed by atoms with Gasteiger partial charge in [-0.15, -0.1) is 0 Å². The van der Waals surface area contributed by atoms with Crippen molar-refractivity contribution in [3.8, 4) is 11.8 Å². The maximum absolute atomic E-state index is 13.0. The number of alkyl halides is 3. The smallest absolute Gasteiger partial charge is 0.228 e. The van der Waals surface area contributed by atoms with E-state index in [-0.39, 0.29) is 11.3 Å². The molecule has 98 valence electrons. The summed E-state index contributed by atoms with van der Waals surface area (Å²) in [6.45, 7) is 0. The van der Waals surface area contributed by atoms with Crippen LogP contribution < -0.4 is 0 Å². The van der Waals surface area contributed by atoms with E-state index in [4.69, 9.17) is 5.26 Å². The second kappa shape index (κ2) is 4.72. The maximum atomic E-state index is 13.0. The molecule has 0 aliphatic heterocycles. The van der Waals surface area contributed by atoms with Gasteiger partial charge in [0.15, 0.2) is 5.69 Å². The van der Waals surface area contributed by atoms with E-state index in [1.54, 1.807) is 6.07 Å². The van der Waals surface area contributed by atoms with Gasteiger partial charge in [0, 0.05) is 5.56 Å². The number of hydrogen-bond acceptors (Lipinski definition) is 2. The van der Waals surface area contributed by atoms with Crippen molar-refractivity contribution in [2.45, 2.75) is 12.6 Å². The van der Waals surface area contributed by atoms with E-state index in [0.29, 0.717) is 4.68 Å². The van der Waals surface area contributed by atoms with Crippen LogP contribution in [0.25, 0.3) is 5.69 Å². The summed E-state index contributed by atoms with van der Waals surface area (Å²) in [6.07, 6.45) is -4.04. The molecule has 1 aromatic carbocycles. The molecular formula is C12H7F4N3. The third-order valence-electron chi connectivity index (χ3n) is 2.45. The summed E-state index contributed by atoms with van der Waals surface area (Å²) >= 11 is 0. The number of nitriles is 1. The molecule has 19 heavy (non-hydrogen) atoms. The number of hydrogen-bond donors (Lipinski definition) is 0. The molecule has 2 rings (SSSR count). The summed E-state index contributed by atoms with van der Waals surface area (Å²) in [4.78, 5) is 0. The predicted octanol–water partition coefficient (Wildman–Crippen LogP) is 3.10. The van der Waals surface area contributed by atoms with E-state index in [2.05, 4.69) is 5.10 Å². The zero-order valence-corrected chi connectivity index (χ0v) is 9.45. The van der Waals surface area contributed by atoms with Gasteiger partial charge in [-0.25, -0.2) is 9.07 Å². The lowest BCUT2D eigenvalue weighted by Gasteiger charge is -2.11. The summed E-state index contributed by atoms with van der Waals surface area (Å²) in [5.74, 6) is -0.554. The van der Waals surface area contributed by atoms with Gasteiger partial charge in [-0.3, -0.25) is 0 Å². The molecule has 2 aromatic rings. The van der Waals surface area contributed by atoms with Crippen molar-refractivity contribution in [3.63, 3.8) is 0 Å². The van der Waals surface area contributed by atoms with Crippen LogP contribution in [0, 0.1) is 17.1 Å². The van der Waals surface area contributed by atoms with Crippen molar-refractivity contribution < 1.29 is 17.6 Å². The summed E-state index contributed by atoms with van der Waals surface area (Å²) in [7, 11) is 0. The van der Waals surface area contributed by atoms with Crippen molar-refractivity contribution in [2.24, 2.45) is 0 Å². The lowest BCUT2D eigenvalue weighted by atomic mass is 10.2. The fraction of sp³-hybridized carbons (Fsp3) is 0.167. The monoisotopic (exact) mass is 269 g/mol. The van der Waals surface area contributed by atoms with Crippen LogP contribution in [-0.4, -0.2) is 9.78 Å². The van der Waals surface area contributed by atoms with Gasteiger partial charge in [0.1, 0.15) is 5.82 Å². The first-order chi connectivity index (χ1) is 8.93. The normalized spacial score (nSPS) is 11.3. The topological polar surface area (TPSA) is 41.6 Å². The lowest BCUT2D eigenvalue weighted by Crippen LogP contribution is -2.15. The maximum Gasteiger partial charge on any atom is 0.433 e. The molecule has 0 amide bonds. The summed E-state index contributed by atoms with van der Waals surface area (Å²) in [6, 6.07) is 6.12. The van der Waals surface area contributed by atoms with Crippen molar-refractivity contribution in [1.82, 2.24) is 9.78 Å². The van der Waals surface area contributed by atoms with Gasteiger partial charge in [0.05, 0.1) is 24.4 Å². The highest BCUT2D eigenvalue weighted by Crippen LogP contribution is 2.33. The minimum absolute atomic E-state index is 0.0814. The molecule has 1 aromatic heterocycles. The zero-order valence-electron chi connectivity index (χ0n) is 9.45. The van der Waals surface area contributed by atoms with Crippen LogP contribution in [0.5, 0.6) is 0 Å². The predicted molar refractivity (Wildman–Crippen MR) is 57.8 cm³/mol. The molecule has 3 nitrogen and oxygen atoms in total. The second-order valence-corrected chi connectivity index (χ2v) is 3.74. The SMILES string of the molecule is N#CCc1cnn(-c2ccc(F)cc2)c1C(F)(F)F. The second-order valence-electron chi connectivity index (χ2n) is 3.74. The summed E-state index contributed by atoms with van der Waals surface area (Å²) in [5.41, 5.74) is -1.14. The number of rotatable bonds is 2. The lowest BCUT2D eigenvalue weighted by molar-refractivity contribution is -0.143. The fourth-order valence-corrected chi connectivity index (χ4v) is 1.68. The van der Waals surface area contributed by atoms with Crippen LogP contribution >= 0.6 is 0 Å². The standard InChI is InChI=1S/C12H7F4N3/c13-9-1-3-10(4-2-9)19-11(12(14,15)16)8(5-6-17)7-18-19/h1-4,7H,5H2. The third kappa shape index (κ3) is 2.57. The Morgan fingerprint density at radius 2 is 1.84 bits per heavy atom. The Balaban J connectivity index is 2.58. The molecule has 0 saturated heterocycles. The minimum atomic E-state index is -4.64. The minimum Gasteiger partial charge on any atom is -0.228 e. The van der Waals surface area contributed by atoms with E-state index < -0.39 is 24.1 Å².